The third kappa shape index (κ3) is 4.76. The van der Waals surface area contributed by atoms with E-state index in [1.807, 2.05) is 0 Å². The Hall–Kier alpha value is -2.04. The molecule has 2 aromatic heterocycles. The Morgan fingerprint density at radius 2 is 2.10 bits per heavy atom. The second-order valence-corrected chi connectivity index (χ2v) is 9.54. The van der Waals surface area contributed by atoms with Crippen molar-refractivity contribution in [1.82, 2.24) is 19.1 Å². The molecule has 3 rings (SSSR count). The van der Waals surface area contributed by atoms with Gasteiger partial charge in [-0.15, -0.1) is 0 Å². The number of carbonyl (C=O) groups is 1. The summed E-state index contributed by atoms with van der Waals surface area (Å²) >= 11 is 6.23. The first-order chi connectivity index (χ1) is 13.6. The van der Waals surface area contributed by atoms with Gasteiger partial charge in [0.15, 0.2) is 5.15 Å². The van der Waals surface area contributed by atoms with Crippen LogP contribution >= 0.6 is 11.6 Å². The number of aromatic nitrogens is 3. The number of nitrogens with zero attached hydrogens (tertiary/aromatic N) is 5. The number of pyridine rings is 1. The van der Waals surface area contributed by atoms with E-state index in [0.717, 1.165) is 23.3 Å². The first-order valence-corrected chi connectivity index (χ1v) is 11.3. The van der Waals surface area contributed by atoms with Gasteiger partial charge < -0.3 is 4.90 Å². The minimum atomic E-state index is -3.54. The van der Waals surface area contributed by atoms with Crippen LogP contribution in [0.5, 0.6) is 0 Å². The predicted octanol–water partition coefficient (Wildman–Crippen LogP) is 2.47. The Morgan fingerprint density at radius 3 is 2.69 bits per heavy atom. The van der Waals surface area contributed by atoms with Crippen molar-refractivity contribution in [3.05, 3.63) is 35.6 Å². The Bertz CT molecular complexity index is 1010. The molecular weight excluding hydrogens is 421 g/mol. The predicted molar refractivity (Wildman–Crippen MR) is 108 cm³/mol. The molecule has 0 N–H and O–H groups in total. The van der Waals surface area contributed by atoms with Gasteiger partial charge in [-0.25, -0.2) is 17.5 Å². The Balaban J connectivity index is 1.84. The van der Waals surface area contributed by atoms with Gasteiger partial charge in [-0.2, -0.15) is 9.40 Å². The zero-order chi connectivity index (χ0) is 21.3. The summed E-state index contributed by atoms with van der Waals surface area (Å²) in [5.41, 5.74) is 0.655. The van der Waals surface area contributed by atoms with E-state index in [2.05, 4.69) is 10.1 Å². The SMILES string of the molecule is CCN(C(=O)C(C)N(C)S(=O)(=O)CC1CC1)c1cn(-c2cncc(F)c2)nc1Cl. The van der Waals surface area contributed by atoms with Crippen molar-refractivity contribution in [3.63, 3.8) is 0 Å². The van der Waals surface area contributed by atoms with Crippen molar-refractivity contribution in [2.75, 3.05) is 24.2 Å². The van der Waals surface area contributed by atoms with Crippen molar-refractivity contribution in [1.29, 1.82) is 0 Å². The van der Waals surface area contributed by atoms with E-state index in [4.69, 9.17) is 11.6 Å². The van der Waals surface area contributed by atoms with Gasteiger partial charge in [0.25, 0.3) is 0 Å². The Morgan fingerprint density at radius 1 is 1.41 bits per heavy atom. The second kappa shape index (κ2) is 8.37. The number of sulfonamides is 1. The molecule has 1 unspecified atom stereocenters. The fraction of sp³-hybridized carbons (Fsp3) is 0.500. The molecule has 0 spiro atoms. The lowest BCUT2D eigenvalue weighted by molar-refractivity contribution is -0.121. The number of likely N-dealkylation sites (N-methyl/N-ethyl adjacent to an activating group) is 2. The van der Waals surface area contributed by atoms with Gasteiger partial charge in [-0.3, -0.25) is 9.78 Å². The molecule has 158 valence electrons. The van der Waals surface area contributed by atoms with Gasteiger partial charge >= 0.3 is 0 Å². The van der Waals surface area contributed by atoms with Crippen molar-refractivity contribution < 1.29 is 17.6 Å². The van der Waals surface area contributed by atoms with Crippen molar-refractivity contribution in [3.8, 4) is 5.69 Å². The molecule has 2 heterocycles. The van der Waals surface area contributed by atoms with Crippen LogP contribution < -0.4 is 4.90 Å². The first-order valence-electron chi connectivity index (χ1n) is 9.27. The van der Waals surface area contributed by atoms with E-state index in [1.54, 1.807) is 13.8 Å². The summed E-state index contributed by atoms with van der Waals surface area (Å²) in [5, 5.41) is 4.17. The first kappa shape index (κ1) is 21.7. The van der Waals surface area contributed by atoms with Crippen LogP contribution in [-0.2, 0) is 14.8 Å². The van der Waals surface area contributed by atoms with Crippen LogP contribution in [0.4, 0.5) is 10.1 Å². The van der Waals surface area contributed by atoms with Gasteiger partial charge in [0.2, 0.25) is 15.9 Å². The van der Waals surface area contributed by atoms with Crippen LogP contribution in [-0.4, -0.2) is 58.8 Å². The summed E-state index contributed by atoms with van der Waals surface area (Å²) in [4.78, 5) is 18.2. The number of carbonyl (C=O) groups excluding carboxylic acids is 1. The van der Waals surface area contributed by atoms with Crippen LogP contribution in [0.25, 0.3) is 5.69 Å². The third-order valence-electron chi connectivity index (χ3n) is 4.96. The van der Waals surface area contributed by atoms with E-state index in [9.17, 15) is 17.6 Å². The summed E-state index contributed by atoms with van der Waals surface area (Å²) in [6.07, 6.45) is 5.78. The molecule has 0 radical (unpaired) electrons. The van der Waals surface area contributed by atoms with Crippen LogP contribution in [0.15, 0.2) is 24.7 Å². The van der Waals surface area contributed by atoms with E-state index < -0.39 is 27.8 Å². The minimum absolute atomic E-state index is 0.0418. The molecule has 0 bridgehead atoms. The van der Waals surface area contributed by atoms with Crippen molar-refractivity contribution >= 4 is 33.2 Å². The van der Waals surface area contributed by atoms with Crippen molar-refractivity contribution in [2.24, 2.45) is 5.92 Å². The molecule has 1 aliphatic carbocycles. The molecule has 1 fully saturated rings. The molecule has 1 amide bonds. The highest BCUT2D eigenvalue weighted by molar-refractivity contribution is 7.89. The maximum atomic E-state index is 13.5. The zero-order valence-corrected chi connectivity index (χ0v) is 18.0. The van der Waals surface area contributed by atoms with Crippen LogP contribution in [0.1, 0.15) is 26.7 Å². The molecule has 0 saturated heterocycles. The summed E-state index contributed by atoms with van der Waals surface area (Å²) in [5.74, 6) is -0.721. The summed E-state index contributed by atoms with van der Waals surface area (Å²) in [6, 6.07) is 0.327. The largest absolute Gasteiger partial charge is 0.307 e. The lowest BCUT2D eigenvalue weighted by Gasteiger charge is -2.28. The second-order valence-electron chi connectivity index (χ2n) is 7.11. The molecule has 8 nitrogen and oxygen atoms in total. The quantitative estimate of drug-likeness (QED) is 0.625. The van der Waals surface area contributed by atoms with Crippen LogP contribution in [0.2, 0.25) is 5.15 Å². The fourth-order valence-electron chi connectivity index (χ4n) is 2.95. The molecule has 29 heavy (non-hydrogen) atoms. The normalized spacial score (nSPS) is 15.5. The highest BCUT2D eigenvalue weighted by Crippen LogP contribution is 2.32. The lowest BCUT2D eigenvalue weighted by atomic mass is 10.2. The molecule has 0 aromatic carbocycles. The van der Waals surface area contributed by atoms with Gasteiger partial charge in [0.05, 0.1) is 30.0 Å². The Labute approximate surface area is 174 Å². The number of hydrogen-bond donors (Lipinski definition) is 0. The lowest BCUT2D eigenvalue weighted by Crippen LogP contribution is -2.48. The summed E-state index contributed by atoms with van der Waals surface area (Å²) < 4.78 is 41.0. The zero-order valence-electron chi connectivity index (χ0n) is 16.4. The molecule has 2 aromatic rings. The molecule has 1 aliphatic rings. The minimum Gasteiger partial charge on any atom is -0.307 e. The molecule has 1 atom stereocenters. The maximum absolute atomic E-state index is 13.5. The van der Waals surface area contributed by atoms with E-state index in [0.29, 0.717) is 11.4 Å². The van der Waals surface area contributed by atoms with E-state index in [-0.39, 0.29) is 23.4 Å². The van der Waals surface area contributed by atoms with E-state index >= 15 is 0 Å². The highest BCUT2D eigenvalue weighted by Gasteiger charge is 2.36. The third-order valence-corrected chi connectivity index (χ3v) is 7.32. The van der Waals surface area contributed by atoms with Gasteiger partial charge in [0.1, 0.15) is 17.5 Å². The molecule has 1 saturated carbocycles. The average molecular weight is 444 g/mol. The molecule has 0 aliphatic heterocycles. The van der Waals surface area contributed by atoms with Crippen LogP contribution in [0.3, 0.4) is 0 Å². The summed E-state index contributed by atoms with van der Waals surface area (Å²) in [6.45, 7) is 3.55. The fourth-order valence-corrected chi connectivity index (χ4v) is 4.92. The summed E-state index contributed by atoms with van der Waals surface area (Å²) in [7, 11) is -2.12. The number of rotatable bonds is 8. The van der Waals surface area contributed by atoms with Gasteiger partial charge in [-0.05, 0) is 32.6 Å². The van der Waals surface area contributed by atoms with Gasteiger partial charge in [0, 0.05) is 19.7 Å². The topological polar surface area (TPSA) is 88.4 Å². The highest BCUT2D eigenvalue weighted by atomic mass is 35.5. The smallest absolute Gasteiger partial charge is 0.245 e. The Kier molecular flexibility index (Phi) is 6.25. The van der Waals surface area contributed by atoms with Gasteiger partial charge in [-0.1, -0.05) is 11.6 Å². The van der Waals surface area contributed by atoms with Crippen LogP contribution in [0, 0.1) is 11.7 Å². The standard InChI is InChI=1S/C18H23ClFN5O3S/c1-4-24(18(26)12(2)23(3)29(27,28)11-13-5-6-13)16-10-25(22-17(16)19)15-7-14(20)8-21-9-15/h7-10,12-13H,4-6,11H2,1-3H3. The average Bonchev–Trinajstić information content (AvgIpc) is 3.40. The molecule has 11 heteroatoms. The number of anilines is 1. The monoisotopic (exact) mass is 443 g/mol. The molecular formula is C18H23ClFN5O3S. The number of hydrogen-bond acceptors (Lipinski definition) is 5. The number of amides is 1. The van der Waals surface area contributed by atoms with Crippen molar-refractivity contribution in [2.45, 2.75) is 32.7 Å². The van der Waals surface area contributed by atoms with E-state index in [1.165, 1.54) is 35.1 Å². The number of halogens is 2. The maximum Gasteiger partial charge on any atom is 0.245 e.